The molecule has 0 aliphatic heterocycles. The monoisotopic (exact) mass is 478 g/mol. The fourth-order valence-electron chi connectivity index (χ4n) is 2.85. The van der Waals surface area contributed by atoms with Gasteiger partial charge in [0.05, 0.1) is 16.7 Å². The van der Waals surface area contributed by atoms with E-state index in [2.05, 4.69) is 20.2 Å². The number of nitrogens with one attached hydrogen (secondary N) is 2. The lowest BCUT2D eigenvalue weighted by Crippen LogP contribution is -2.26. The fourth-order valence-corrected chi connectivity index (χ4v) is 5.36. The molecule has 158 valence electrons. The Bertz CT molecular complexity index is 962. The number of rotatable bonds is 9. The van der Waals surface area contributed by atoms with Crippen LogP contribution in [0, 0.1) is 0 Å². The van der Waals surface area contributed by atoms with Crippen LogP contribution in [0.25, 0.3) is 0 Å². The molecule has 0 saturated heterocycles. The van der Waals surface area contributed by atoms with E-state index in [-0.39, 0.29) is 26.6 Å². The maximum absolute atomic E-state index is 12.3. The first-order valence-electron chi connectivity index (χ1n) is 9.06. The Kier molecular flexibility index (Phi) is 7.83. The van der Waals surface area contributed by atoms with Crippen molar-refractivity contribution in [2.24, 2.45) is 0 Å². The van der Waals surface area contributed by atoms with Crippen LogP contribution >= 0.6 is 34.5 Å². The maximum atomic E-state index is 12.3. The zero-order chi connectivity index (χ0) is 20.9. The van der Waals surface area contributed by atoms with Gasteiger partial charge in [-0.15, -0.1) is 10.2 Å². The number of aromatic nitrogens is 2. The van der Waals surface area contributed by atoms with Crippen LogP contribution < -0.4 is 10.0 Å². The number of sulfonamides is 1. The molecule has 1 aliphatic carbocycles. The first kappa shape index (κ1) is 22.4. The number of carbonyl (C=O) groups is 1. The van der Waals surface area contributed by atoms with Crippen molar-refractivity contribution >= 4 is 55.6 Å². The van der Waals surface area contributed by atoms with Crippen LogP contribution in [0.2, 0.25) is 10.0 Å². The summed E-state index contributed by atoms with van der Waals surface area (Å²) in [6.07, 6.45) is 5.40. The number of amides is 1. The average molecular weight is 479 g/mol. The zero-order valence-corrected chi connectivity index (χ0v) is 18.5. The zero-order valence-electron chi connectivity index (χ0n) is 15.4. The predicted octanol–water partition coefficient (Wildman–Crippen LogP) is 3.72. The quantitative estimate of drug-likeness (QED) is 0.419. The summed E-state index contributed by atoms with van der Waals surface area (Å²) < 4.78 is 32.6. The lowest BCUT2D eigenvalue weighted by atomic mass is 10.2. The summed E-state index contributed by atoms with van der Waals surface area (Å²) in [4.78, 5) is 12.3. The molecule has 12 heteroatoms. The number of hydrogen-bond donors (Lipinski definition) is 2. The number of carbonyl (C=O) groups excluding carboxylic acids is 1. The van der Waals surface area contributed by atoms with Crippen molar-refractivity contribution in [1.29, 1.82) is 0 Å². The molecule has 29 heavy (non-hydrogen) atoms. The van der Waals surface area contributed by atoms with Crippen molar-refractivity contribution in [3.8, 4) is 0 Å². The van der Waals surface area contributed by atoms with E-state index in [1.807, 2.05) is 0 Å². The van der Waals surface area contributed by atoms with Crippen LogP contribution in [0.4, 0.5) is 5.13 Å². The molecule has 3 rings (SSSR count). The van der Waals surface area contributed by atoms with Gasteiger partial charge in [0, 0.05) is 18.2 Å². The predicted molar refractivity (Wildman–Crippen MR) is 112 cm³/mol. The smallest absolute Gasteiger partial charge is 0.269 e. The number of anilines is 1. The van der Waals surface area contributed by atoms with E-state index in [1.165, 1.54) is 31.0 Å². The molecule has 0 atom stereocenters. The Labute approximate surface area is 183 Å². The van der Waals surface area contributed by atoms with Gasteiger partial charge in [0.2, 0.25) is 9.47 Å². The molecule has 1 aliphatic rings. The Morgan fingerprint density at radius 3 is 2.72 bits per heavy atom. The van der Waals surface area contributed by atoms with E-state index in [0.29, 0.717) is 24.2 Å². The van der Waals surface area contributed by atoms with Gasteiger partial charge in [-0.25, -0.2) is 13.1 Å². The molecule has 2 N–H and O–H groups in total. The third kappa shape index (κ3) is 6.34. The van der Waals surface area contributed by atoms with Crippen molar-refractivity contribution in [3.05, 3.63) is 33.8 Å². The van der Waals surface area contributed by atoms with Crippen molar-refractivity contribution in [2.45, 2.75) is 42.5 Å². The first-order valence-corrected chi connectivity index (χ1v) is 12.1. The van der Waals surface area contributed by atoms with Gasteiger partial charge in [0.25, 0.3) is 15.9 Å². The molecular weight excluding hydrogens is 459 g/mol. The standard InChI is InChI=1S/C17H20Cl2N4O4S2/c18-11-6-7-13(14(19)10-11)15(24)21-16-22-23-17(28-16)29(25,26)20-8-3-9-27-12-4-1-2-5-12/h6-7,10,12,20H,1-5,8-9H2,(H,21,22,24). The molecule has 0 unspecified atom stereocenters. The van der Waals surface area contributed by atoms with Gasteiger partial charge in [-0.1, -0.05) is 47.4 Å². The van der Waals surface area contributed by atoms with Crippen molar-refractivity contribution in [3.63, 3.8) is 0 Å². The van der Waals surface area contributed by atoms with E-state index < -0.39 is 15.9 Å². The molecule has 1 amide bonds. The van der Waals surface area contributed by atoms with E-state index in [0.717, 1.165) is 24.2 Å². The van der Waals surface area contributed by atoms with E-state index in [1.54, 1.807) is 0 Å². The second-order valence-corrected chi connectivity index (χ2v) is 10.2. The topological polar surface area (TPSA) is 110 Å². The number of nitrogens with zero attached hydrogens (tertiary/aromatic N) is 2. The highest BCUT2D eigenvalue weighted by Gasteiger charge is 2.21. The van der Waals surface area contributed by atoms with Crippen molar-refractivity contribution in [2.75, 3.05) is 18.5 Å². The molecule has 1 aromatic heterocycles. The molecular formula is C17H20Cl2N4O4S2. The maximum Gasteiger partial charge on any atom is 0.269 e. The third-order valence-electron chi connectivity index (χ3n) is 4.30. The molecule has 2 aromatic rings. The van der Waals surface area contributed by atoms with Gasteiger partial charge >= 0.3 is 0 Å². The second kappa shape index (κ2) is 10.1. The summed E-state index contributed by atoms with van der Waals surface area (Å²) in [7, 11) is -3.81. The molecule has 8 nitrogen and oxygen atoms in total. The number of hydrogen-bond acceptors (Lipinski definition) is 7. The lowest BCUT2D eigenvalue weighted by molar-refractivity contribution is 0.0575. The summed E-state index contributed by atoms with van der Waals surface area (Å²) in [5, 5.41) is 10.5. The van der Waals surface area contributed by atoms with Gasteiger partial charge in [-0.3, -0.25) is 10.1 Å². The second-order valence-electron chi connectivity index (χ2n) is 6.48. The summed E-state index contributed by atoms with van der Waals surface area (Å²) in [6, 6.07) is 4.43. The molecule has 1 fully saturated rings. The number of ether oxygens (including phenoxy) is 1. The van der Waals surface area contributed by atoms with Gasteiger partial charge in [-0.05, 0) is 37.5 Å². The molecule has 0 bridgehead atoms. The van der Waals surface area contributed by atoms with Crippen molar-refractivity contribution in [1.82, 2.24) is 14.9 Å². The highest BCUT2D eigenvalue weighted by Crippen LogP contribution is 2.24. The number of benzene rings is 1. The number of halogens is 2. The van der Waals surface area contributed by atoms with Gasteiger partial charge in [0.1, 0.15) is 0 Å². The Balaban J connectivity index is 1.50. The van der Waals surface area contributed by atoms with Crippen LogP contribution in [0.15, 0.2) is 22.5 Å². The summed E-state index contributed by atoms with van der Waals surface area (Å²) in [5.74, 6) is -0.538. The molecule has 0 radical (unpaired) electrons. The summed E-state index contributed by atoms with van der Waals surface area (Å²) in [6.45, 7) is 0.739. The highest BCUT2D eigenvalue weighted by molar-refractivity contribution is 7.91. The lowest BCUT2D eigenvalue weighted by Gasteiger charge is -2.10. The molecule has 1 aromatic carbocycles. The fraction of sp³-hybridized carbons (Fsp3) is 0.471. The van der Waals surface area contributed by atoms with Crippen LogP contribution in [0.3, 0.4) is 0 Å². The summed E-state index contributed by atoms with van der Waals surface area (Å²) in [5.41, 5.74) is 0.191. The minimum absolute atomic E-state index is 0.0472. The molecule has 0 spiro atoms. The Morgan fingerprint density at radius 1 is 1.24 bits per heavy atom. The highest BCUT2D eigenvalue weighted by atomic mass is 35.5. The SMILES string of the molecule is O=C(Nc1nnc(S(=O)(=O)NCCCOC2CCCC2)s1)c1ccc(Cl)cc1Cl. The van der Waals surface area contributed by atoms with Crippen LogP contribution in [-0.4, -0.2) is 43.8 Å². The normalized spacial score (nSPS) is 15.0. The average Bonchev–Trinajstić information content (AvgIpc) is 3.33. The largest absolute Gasteiger partial charge is 0.378 e. The molecule has 1 heterocycles. The van der Waals surface area contributed by atoms with Gasteiger partial charge < -0.3 is 4.74 Å². The minimum atomic E-state index is -3.81. The van der Waals surface area contributed by atoms with Crippen LogP contribution in [-0.2, 0) is 14.8 Å². The third-order valence-corrected chi connectivity index (χ3v) is 7.52. The molecule has 1 saturated carbocycles. The Morgan fingerprint density at radius 2 is 2.00 bits per heavy atom. The van der Waals surface area contributed by atoms with E-state index in [9.17, 15) is 13.2 Å². The van der Waals surface area contributed by atoms with Crippen LogP contribution in [0.1, 0.15) is 42.5 Å². The van der Waals surface area contributed by atoms with Gasteiger partial charge in [0.15, 0.2) is 0 Å². The van der Waals surface area contributed by atoms with Crippen LogP contribution in [0.5, 0.6) is 0 Å². The van der Waals surface area contributed by atoms with E-state index >= 15 is 0 Å². The first-order chi connectivity index (χ1) is 13.8. The minimum Gasteiger partial charge on any atom is -0.378 e. The summed E-state index contributed by atoms with van der Waals surface area (Å²) >= 11 is 12.6. The van der Waals surface area contributed by atoms with Gasteiger partial charge in [-0.2, -0.15) is 0 Å². The van der Waals surface area contributed by atoms with E-state index in [4.69, 9.17) is 27.9 Å². The van der Waals surface area contributed by atoms with Crippen molar-refractivity contribution < 1.29 is 17.9 Å². The Hall–Kier alpha value is -1.30.